The van der Waals surface area contributed by atoms with E-state index in [-0.39, 0.29) is 6.10 Å². The van der Waals surface area contributed by atoms with Gasteiger partial charge in [0, 0.05) is 25.7 Å². The molecule has 6 heteroatoms. The summed E-state index contributed by atoms with van der Waals surface area (Å²) in [5.41, 5.74) is 7.70. The molecule has 2 atom stereocenters. The van der Waals surface area contributed by atoms with Crippen LogP contribution in [0.2, 0.25) is 5.02 Å². The third-order valence-electron chi connectivity index (χ3n) is 3.95. The number of fused-ring (bicyclic) bond motifs is 1. The van der Waals surface area contributed by atoms with Crippen LogP contribution < -0.4 is 16.0 Å². The Hall–Kier alpha value is -1.48. The van der Waals surface area contributed by atoms with Gasteiger partial charge in [-0.1, -0.05) is 11.6 Å². The predicted octanol–water partition coefficient (Wildman–Crippen LogP) is 1.36. The lowest BCUT2D eigenvalue weighted by Gasteiger charge is -2.42. The number of rotatable bonds is 1. The molecule has 0 spiro atoms. The van der Waals surface area contributed by atoms with Gasteiger partial charge >= 0.3 is 0 Å². The summed E-state index contributed by atoms with van der Waals surface area (Å²) < 4.78 is 5.82. The predicted molar refractivity (Wildman–Crippen MR) is 78.9 cm³/mol. The van der Waals surface area contributed by atoms with E-state index in [1.807, 2.05) is 0 Å². The number of nitrogen functional groups attached to an aromatic ring is 1. The number of anilines is 2. The van der Waals surface area contributed by atoms with Crippen molar-refractivity contribution >= 4 is 23.0 Å². The Labute approximate surface area is 123 Å². The maximum absolute atomic E-state index is 9.06. The molecule has 3 rings (SSSR count). The molecule has 3 N–H and O–H groups in total. The second-order valence-electron chi connectivity index (χ2n) is 5.21. The molecular weight excluding hydrogens is 276 g/mol. The van der Waals surface area contributed by atoms with Crippen molar-refractivity contribution in [1.82, 2.24) is 5.32 Å². The number of hydrogen-bond donors (Lipinski definition) is 2. The van der Waals surface area contributed by atoms with Gasteiger partial charge in [0.25, 0.3) is 0 Å². The Kier molecular flexibility index (Phi) is 3.70. The van der Waals surface area contributed by atoms with Gasteiger partial charge in [0.15, 0.2) is 0 Å². The zero-order valence-corrected chi connectivity index (χ0v) is 11.9. The zero-order valence-electron chi connectivity index (χ0n) is 11.1. The molecule has 0 amide bonds. The lowest BCUT2D eigenvalue weighted by Crippen LogP contribution is -2.57. The number of nitrogens with zero attached hydrogens (tertiary/aromatic N) is 2. The molecule has 2 aliphatic heterocycles. The van der Waals surface area contributed by atoms with E-state index in [0.29, 0.717) is 22.3 Å². The molecule has 106 valence electrons. The van der Waals surface area contributed by atoms with Crippen molar-refractivity contribution in [3.63, 3.8) is 0 Å². The number of morpholine rings is 1. The van der Waals surface area contributed by atoms with E-state index in [9.17, 15) is 0 Å². The van der Waals surface area contributed by atoms with Crippen molar-refractivity contribution in [2.24, 2.45) is 0 Å². The average molecular weight is 293 g/mol. The molecule has 2 saturated heterocycles. The van der Waals surface area contributed by atoms with Crippen LogP contribution in [0.4, 0.5) is 11.4 Å². The summed E-state index contributed by atoms with van der Waals surface area (Å²) in [6, 6.07) is 5.94. The second kappa shape index (κ2) is 5.49. The number of hydrogen-bond acceptors (Lipinski definition) is 5. The molecule has 0 unspecified atom stereocenters. The Balaban J connectivity index is 1.86. The van der Waals surface area contributed by atoms with Crippen molar-refractivity contribution < 1.29 is 4.74 Å². The molecule has 0 aliphatic carbocycles. The fourth-order valence-electron chi connectivity index (χ4n) is 2.92. The highest BCUT2D eigenvalue weighted by molar-refractivity contribution is 6.35. The Bertz CT molecular complexity index is 557. The third-order valence-corrected chi connectivity index (χ3v) is 4.36. The molecular formula is C14H17ClN4O. The van der Waals surface area contributed by atoms with Gasteiger partial charge < -0.3 is 20.7 Å². The van der Waals surface area contributed by atoms with E-state index in [1.54, 1.807) is 12.1 Å². The van der Waals surface area contributed by atoms with Crippen molar-refractivity contribution in [2.75, 3.05) is 36.9 Å². The molecule has 5 nitrogen and oxygen atoms in total. The monoisotopic (exact) mass is 292 g/mol. The zero-order chi connectivity index (χ0) is 14.1. The molecule has 0 aromatic heterocycles. The Morgan fingerprint density at radius 2 is 2.35 bits per heavy atom. The minimum absolute atomic E-state index is 0.167. The van der Waals surface area contributed by atoms with Gasteiger partial charge in [-0.15, -0.1) is 0 Å². The minimum atomic E-state index is 0.167. The maximum Gasteiger partial charge on any atom is 0.0993 e. The quantitative estimate of drug-likeness (QED) is 0.765. The standard InChI is InChI=1S/C14H17ClN4O/c15-14-10(17)5-9(7-16)6-12(14)19-3-1-11-13(8-19)20-4-2-18-11/h5-6,11,13,18H,1-4,8,17H2/t11-,13-/m1/s1. The molecule has 2 fully saturated rings. The van der Waals surface area contributed by atoms with E-state index in [2.05, 4.69) is 16.3 Å². The van der Waals surface area contributed by atoms with Crippen molar-refractivity contribution in [2.45, 2.75) is 18.6 Å². The first-order valence-corrected chi connectivity index (χ1v) is 7.16. The van der Waals surface area contributed by atoms with E-state index < -0.39 is 0 Å². The Morgan fingerprint density at radius 1 is 1.50 bits per heavy atom. The average Bonchev–Trinajstić information content (AvgIpc) is 2.49. The fourth-order valence-corrected chi connectivity index (χ4v) is 3.15. The van der Waals surface area contributed by atoms with Gasteiger partial charge in [0.1, 0.15) is 0 Å². The van der Waals surface area contributed by atoms with Crippen LogP contribution in [-0.4, -0.2) is 38.4 Å². The normalized spacial score (nSPS) is 25.9. The van der Waals surface area contributed by atoms with Crippen molar-refractivity contribution in [3.8, 4) is 6.07 Å². The number of nitriles is 1. The first kappa shape index (κ1) is 13.5. The second-order valence-corrected chi connectivity index (χ2v) is 5.59. The van der Waals surface area contributed by atoms with Gasteiger partial charge in [-0.05, 0) is 18.6 Å². The molecule has 2 heterocycles. The highest BCUT2D eigenvalue weighted by atomic mass is 35.5. The number of nitrogens with one attached hydrogen (secondary N) is 1. The number of benzene rings is 1. The smallest absolute Gasteiger partial charge is 0.0993 e. The Morgan fingerprint density at radius 3 is 3.15 bits per heavy atom. The van der Waals surface area contributed by atoms with Crippen LogP contribution in [0.5, 0.6) is 0 Å². The SMILES string of the molecule is N#Cc1cc(N)c(Cl)c(N2CC[C@H]3NCCO[C@@H]3C2)c1. The largest absolute Gasteiger partial charge is 0.397 e. The molecule has 1 aromatic rings. The van der Waals surface area contributed by atoms with Gasteiger partial charge in [-0.2, -0.15) is 5.26 Å². The van der Waals surface area contributed by atoms with Crippen LogP contribution in [-0.2, 0) is 4.74 Å². The van der Waals surface area contributed by atoms with Crippen molar-refractivity contribution in [1.29, 1.82) is 5.26 Å². The molecule has 0 radical (unpaired) electrons. The summed E-state index contributed by atoms with van der Waals surface area (Å²) in [5.74, 6) is 0. The summed E-state index contributed by atoms with van der Waals surface area (Å²) >= 11 is 6.30. The van der Waals surface area contributed by atoms with E-state index >= 15 is 0 Å². The van der Waals surface area contributed by atoms with Gasteiger partial charge in [0.05, 0.1) is 40.7 Å². The molecule has 0 saturated carbocycles. The first-order valence-electron chi connectivity index (χ1n) is 6.78. The number of nitrogens with two attached hydrogens (primary N) is 1. The fraction of sp³-hybridized carbons (Fsp3) is 0.500. The summed E-state index contributed by atoms with van der Waals surface area (Å²) in [5, 5.41) is 13.1. The summed E-state index contributed by atoms with van der Waals surface area (Å²) in [6.45, 7) is 3.30. The number of piperidine rings is 1. The van der Waals surface area contributed by atoms with Gasteiger partial charge in [0.2, 0.25) is 0 Å². The first-order chi connectivity index (χ1) is 9.69. The highest BCUT2D eigenvalue weighted by Gasteiger charge is 2.32. The van der Waals surface area contributed by atoms with Crippen LogP contribution in [0.15, 0.2) is 12.1 Å². The molecule has 1 aromatic carbocycles. The summed E-state index contributed by atoms with van der Waals surface area (Å²) in [6.07, 6.45) is 1.16. The van der Waals surface area contributed by atoms with E-state index in [0.717, 1.165) is 38.3 Å². The molecule has 20 heavy (non-hydrogen) atoms. The van der Waals surface area contributed by atoms with Crippen LogP contribution in [0, 0.1) is 11.3 Å². The topological polar surface area (TPSA) is 74.3 Å². The third kappa shape index (κ3) is 2.42. The summed E-state index contributed by atoms with van der Waals surface area (Å²) in [4.78, 5) is 2.16. The number of halogens is 1. The van der Waals surface area contributed by atoms with Crippen LogP contribution >= 0.6 is 11.6 Å². The highest BCUT2D eigenvalue weighted by Crippen LogP contribution is 2.34. The maximum atomic E-state index is 9.06. The van der Waals surface area contributed by atoms with E-state index in [1.165, 1.54) is 0 Å². The summed E-state index contributed by atoms with van der Waals surface area (Å²) in [7, 11) is 0. The lowest BCUT2D eigenvalue weighted by atomic mass is 9.99. The lowest BCUT2D eigenvalue weighted by molar-refractivity contribution is -0.00902. The number of ether oxygens (including phenoxy) is 1. The van der Waals surface area contributed by atoms with Gasteiger partial charge in [-0.25, -0.2) is 0 Å². The van der Waals surface area contributed by atoms with E-state index in [4.69, 9.17) is 27.3 Å². The van der Waals surface area contributed by atoms with Crippen molar-refractivity contribution in [3.05, 3.63) is 22.7 Å². The van der Waals surface area contributed by atoms with Gasteiger partial charge in [-0.3, -0.25) is 0 Å². The van der Waals surface area contributed by atoms with Crippen LogP contribution in [0.1, 0.15) is 12.0 Å². The molecule has 2 aliphatic rings. The van der Waals surface area contributed by atoms with Crippen LogP contribution in [0.3, 0.4) is 0 Å². The molecule has 0 bridgehead atoms. The van der Waals surface area contributed by atoms with Crippen LogP contribution in [0.25, 0.3) is 0 Å². The minimum Gasteiger partial charge on any atom is -0.397 e.